The van der Waals surface area contributed by atoms with Crippen molar-refractivity contribution in [3.63, 3.8) is 0 Å². The summed E-state index contributed by atoms with van der Waals surface area (Å²) in [5, 5.41) is 16.0. The summed E-state index contributed by atoms with van der Waals surface area (Å²) in [5.74, 6) is -1.37. The third-order valence-electron chi connectivity index (χ3n) is 6.94. The molecule has 0 radical (unpaired) electrons. The lowest BCUT2D eigenvalue weighted by molar-refractivity contribution is -0.542. The Labute approximate surface area is 241 Å². The molecule has 0 aliphatic heterocycles. The predicted molar refractivity (Wildman–Crippen MR) is 157 cm³/mol. The van der Waals surface area contributed by atoms with Crippen molar-refractivity contribution in [1.29, 1.82) is 0 Å². The van der Waals surface area contributed by atoms with Gasteiger partial charge in [0, 0.05) is 0 Å². The molecule has 0 aliphatic rings. The van der Waals surface area contributed by atoms with Crippen LogP contribution >= 0.6 is 18.9 Å². The van der Waals surface area contributed by atoms with Crippen LogP contribution in [0.2, 0.25) is 0 Å². The minimum atomic E-state index is -5.37. The van der Waals surface area contributed by atoms with Crippen molar-refractivity contribution in [2.45, 2.75) is 81.8 Å². The molecule has 0 saturated carbocycles. The van der Waals surface area contributed by atoms with Crippen molar-refractivity contribution in [1.82, 2.24) is 0 Å². The van der Waals surface area contributed by atoms with E-state index in [1.807, 2.05) is 6.92 Å². The fourth-order valence-corrected chi connectivity index (χ4v) is 11.2. The third-order valence-corrected chi connectivity index (χ3v) is 12.8. The molecule has 0 N–H and O–H groups in total. The van der Waals surface area contributed by atoms with Crippen LogP contribution in [-0.4, -0.2) is 28.0 Å². The van der Waals surface area contributed by atoms with E-state index in [1.54, 1.807) is 112 Å². The average molecular weight is 593 g/mol. The van der Waals surface area contributed by atoms with Crippen LogP contribution in [0.1, 0.15) is 59.8 Å². The number of benzene rings is 3. The number of hydrogen-bond donors (Lipinski definition) is 0. The smallest absolute Gasteiger partial charge is 0.385 e. The molecule has 3 aromatic rings. The van der Waals surface area contributed by atoms with E-state index in [2.05, 4.69) is 0 Å². The first-order valence-corrected chi connectivity index (χ1v) is 15.7. The van der Waals surface area contributed by atoms with Crippen LogP contribution in [-0.2, 0) is 9.53 Å². The summed E-state index contributed by atoms with van der Waals surface area (Å²) in [7, 11) is -3.93. The summed E-state index contributed by atoms with van der Waals surface area (Å²) < 4.78 is 48.8. The van der Waals surface area contributed by atoms with Gasteiger partial charge in [-0.3, -0.25) is 0 Å². The topological polar surface area (TPSA) is 49.4 Å². The molecule has 0 amide bonds. The van der Waals surface area contributed by atoms with Gasteiger partial charge in [0.15, 0.2) is 0 Å². The second-order valence-electron chi connectivity index (χ2n) is 10.9. The van der Waals surface area contributed by atoms with E-state index in [9.17, 15) is 9.90 Å². The van der Waals surface area contributed by atoms with E-state index in [1.165, 1.54) is 0 Å². The molecular weight excluding hydrogens is 556 g/mol. The third kappa shape index (κ3) is 5.95. The van der Waals surface area contributed by atoms with Gasteiger partial charge in [-0.25, -0.2) is 4.79 Å². The minimum Gasteiger partial charge on any atom is -0.838 e. The number of rotatable bonds is 11. The highest BCUT2D eigenvalue weighted by molar-refractivity contribution is 7.98. The maximum atomic E-state index is 15.4. The summed E-state index contributed by atoms with van der Waals surface area (Å²) in [6.45, 7) is 6.59. The Morgan fingerprint density at radius 3 is 1.50 bits per heavy atom. The van der Waals surface area contributed by atoms with Crippen LogP contribution in [0.3, 0.4) is 0 Å². The zero-order valence-corrected chi connectivity index (χ0v) is 25.0. The molecule has 3 aromatic carbocycles. The van der Waals surface area contributed by atoms with Crippen LogP contribution in [0, 0.1) is 0 Å². The van der Waals surface area contributed by atoms with Crippen molar-refractivity contribution in [2.75, 3.05) is 0 Å². The van der Waals surface area contributed by atoms with Gasteiger partial charge in [-0.05, 0) is 63.6 Å². The number of alkyl halides is 4. The Morgan fingerprint density at radius 1 is 0.775 bits per heavy atom. The lowest BCUT2D eigenvalue weighted by Crippen LogP contribution is -2.75. The summed E-state index contributed by atoms with van der Waals surface area (Å²) in [5.41, 5.74) is -5.08. The van der Waals surface area contributed by atoms with E-state index in [0.717, 1.165) is 6.42 Å². The predicted octanol–water partition coefficient (Wildman–Crippen LogP) is 6.89. The first-order chi connectivity index (χ1) is 18.8. The van der Waals surface area contributed by atoms with Crippen LogP contribution in [0.5, 0.6) is 0 Å². The molecule has 0 aromatic heterocycles. The molecule has 8 heteroatoms. The van der Waals surface area contributed by atoms with Gasteiger partial charge >= 0.3 is 12.1 Å². The number of carbonyl (C=O) groups is 1. The van der Waals surface area contributed by atoms with Gasteiger partial charge in [0.05, 0.1) is 5.60 Å². The maximum absolute atomic E-state index is 15.4. The normalized spacial score (nSPS) is 15.6. The molecule has 2 atom stereocenters. The zero-order chi connectivity index (χ0) is 29.7. The zero-order valence-electron chi connectivity index (χ0n) is 23.4. The molecule has 0 aliphatic carbocycles. The van der Waals surface area contributed by atoms with E-state index < -0.39 is 41.6 Å². The molecule has 216 valence electrons. The summed E-state index contributed by atoms with van der Waals surface area (Å²) in [6.07, 6.45) is -4.44. The van der Waals surface area contributed by atoms with Gasteiger partial charge in [-0.2, -0.15) is 13.2 Å². The maximum Gasteiger partial charge on any atom is 0.385 e. The molecule has 3 nitrogen and oxygen atoms in total. The average Bonchev–Trinajstić information content (AvgIpc) is 2.91. The molecule has 40 heavy (non-hydrogen) atoms. The Hall–Kier alpha value is -2.40. The van der Waals surface area contributed by atoms with Crippen LogP contribution in [0.25, 0.3) is 0 Å². The molecule has 2 unspecified atom stereocenters. The molecular formula is C32H37ClF3O3P. The lowest BCUT2D eigenvalue weighted by Gasteiger charge is -2.55. The van der Waals surface area contributed by atoms with Crippen molar-refractivity contribution < 1.29 is 27.8 Å². The van der Waals surface area contributed by atoms with Crippen LogP contribution < -0.4 is 21.0 Å². The Kier molecular flexibility index (Phi) is 10.1. The molecule has 0 fully saturated rings. The van der Waals surface area contributed by atoms with E-state index in [0.29, 0.717) is 28.8 Å². The highest BCUT2D eigenvalue weighted by atomic mass is 35.5. The van der Waals surface area contributed by atoms with Crippen molar-refractivity contribution in [3.8, 4) is 0 Å². The van der Waals surface area contributed by atoms with E-state index in [-0.39, 0.29) is 6.42 Å². The summed E-state index contributed by atoms with van der Waals surface area (Å²) >= 11 is 7.37. The fourth-order valence-electron chi connectivity index (χ4n) is 5.15. The monoisotopic (exact) mass is 592 g/mol. The molecule has 0 heterocycles. The van der Waals surface area contributed by atoms with Crippen molar-refractivity contribution in [3.05, 3.63) is 91.0 Å². The van der Waals surface area contributed by atoms with Gasteiger partial charge in [0.25, 0.3) is 4.62 Å². The van der Waals surface area contributed by atoms with Gasteiger partial charge in [-0.15, -0.1) is 0 Å². The second-order valence-corrected chi connectivity index (χ2v) is 15.3. The highest BCUT2D eigenvalue weighted by Crippen LogP contribution is 2.73. The lowest BCUT2D eigenvalue weighted by atomic mass is 9.90. The number of unbranched alkanes of at least 4 members (excludes halogenated alkanes) is 3. The van der Waals surface area contributed by atoms with Crippen molar-refractivity contribution in [2.24, 2.45) is 0 Å². The van der Waals surface area contributed by atoms with Crippen molar-refractivity contribution >= 4 is 40.7 Å². The first-order valence-electron chi connectivity index (χ1n) is 13.5. The van der Waals surface area contributed by atoms with Crippen LogP contribution in [0.15, 0.2) is 91.0 Å². The summed E-state index contributed by atoms with van der Waals surface area (Å²) in [6, 6.07) is 25.2. The van der Waals surface area contributed by atoms with E-state index in [4.69, 9.17) is 16.3 Å². The first kappa shape index (κ1) is 32.1. The Bertz CT molecular complexity index is 1140. The van der Waals surface area contributed by atoms with Gasteiger partial charge in [0.1, 0.15) is 28.8 Å². The number of carbonyl (C=O) groups excluding carboxylic acids is 1. The largest absolute Gasteiger partial charge is 0.838 e. The minimum absolute atomic E-state index is 0.0352. The van der Waals surface area contributed by atoms with Crippen LogP contribution in [0.4, 0.5) is 13.2 Å². The standard InChI is InChI=1S/C32H37ClF3O3P/c1-5-6-7-17-24-30(38,32(34,35)36)31(33,28(37)39-29(2,3)4)40(25-18-11-8-12-19-25,26-20-13-9-14-21-26)27-22-15-10-16-23-27/h8-16,18-23H,5-7,17,24H2,1-4H3. The fraction of sp³-hybridized carbons (Fsp3) is 0.406. The number of hydrogen-bond acceptors (Lipinski definition) is 3. The molecule has 0 saturated heterocycles. The number of esters is 1. The molecule has 3 rings (SSSR count). The number of halogens is 4. The Morgan fingerprint density at radius 2 is 1.18 bits per heavy atom. The Balaban J connectivity index is 2.58. The second kappa shape index (κ2) is 12.6. The van der Waals surface area contributed by atoms with E-state index >= 15 is 13.2 Å². The molecule has 0 bridgehead atoms. The molecule has 0 spiro atoms. The highest BCUT2D eigenvalue weighted by Gasteiger charge is 2.78. The quantitative estimate of drug-likeness (QED) is 0.105. The van der Waals surface area contributed by atoms with Gasteiger partial charge in [-0.1, -0.05) is 98.8 Å². The van der Waals surface area contributed by atoms with Gasteiger partial charge in [0.2, 0.25) is 0 Å². The SMILES string of the molecule is CCCCCCC([O-])(C(F)(F)F)C(Cl)(C(=O)OC(C)(C)C)[P+](c1ccccc1)(c1ccccc1)c1ccccc1. The summed E-state index contributed by atoms with van der Waals surface area (Å²) in [4.78, 5) is 14.4. The van der Waals surface area contributed by atoms with Gasteiger partial charge < -0.3 is 9.84 Å². The number of ether oxygens (including phenoxy) is 1.